The standard InChI is InChI=1S/C29H26N2O4/c1-34-25-13-12-20(15-26(25)35-2)14-21-17-31(16-19-8-4-3-5-9-19)18-23-27(29(32)33)22-10-6-7-11-24(22)30-28(21)23/h3-15H,16-18H2,1-2H3,(H,32,33). The smallest absolute Gasteiger partial charge is 0.336 e. The van der Waals surface area contributed by atoms with Crippen LogP contribution in [0.25, 0.3) is 22.6 Å². The highest BCUT2D eigenvalue weighted by Crippen LogP contribution is 2.36. The fourth-order valence-corrected chi connectivity index (χ4v) is 4.72. The van der Waals surface area contributed by atoms with Crippen LogP contribution in [0.2, 0.25) is 0 Å². The van der Waals surface area contributed by atoms with Crippen LogP contribution in [0.3, 0.4) is 0 Å². The zero-order valence-electron chi connectivity index (χ0n) is 19.7. The Hall–Kier alpha value is -4.16. The third-order valence-corrected chi connectivity index (χ3v) is 6.28. The number of methoxy groups -OCH3 is 2. The fourth-order valence-electron chi connectivity index (χ4n) is 4.72. The Kier molecular flexibility index (Phi) is 6.21. The van der Waals surface area contributed by atoms with Crippen molar-refractivity contribution >= 4 is 28.5 Å². The highest BCUT2D eigenvalue weighted by Gasteiger charge is 2.28. The van der Waals surface area contributed by atoms with Gasteiger partial charge in [-0.05, 0) is 41.0 Å². The summed E-state index contributed by atoms with van der Waals surface area (Å²) >= 11 is 0. The number of hydrogen-bond donors (Lipinski definition) is 1. The van der Waals surface area contributed by atoms with Gasteiger partial charge in [0.1, 0.15) is 0 Å². The second kappa shape index (κ2) is 9.60. The predicted octanol–water partition coefficient (Wildman–Crippen LogP) is 5.51. The normalized spacial score (nSPS) is 14.6. The summed E-state index contributed by atoms with van der Waals surface area (Å²) in [7, 11) is 3.22. The number of carbonyl (C=O) groups is 1. The molecular formula is C29H26N2O4. The number of ether oxygens (including phenoxy) is 2. The maximum atomic E-state index is 12.5. The first kappa shape index (κ1) is 22.6. The Labute approximate surface area is 204 Å². The molecule has 0 saturated heterocycles. The monoisotopic (exact) mass is 466 g/mol. The van der Waals surface area contributed by atoms with Crippen molar-refractivity contribution < 1.29 is 19.4 Å². The van der Waals surface area contributed by atoms with E-state index >= 15 is 0 Å². The molecule has 0 bridgehead atoms. The number of hydrogen-bond acceptors (Lipinski definition) is 5. The van der Waals surface area contributed by atoms with Crippen molar-refractivity contribution in [2.24, 2.45) is 0 Å². The van der Waals surface area contributed by atoms with Gasteiger partial charge in [-0.3, -0.25) is 4.90 Å². The van der Waals surface area contributed by atoms with Crippen LogP contribution < -0.4 is 9.47 Å². The van der Waals surface area contributed by atoms with Crippen molar-refractivity contribution in [1.82, 2.24) is 9.88 Å². The van der Waals surface area contributed by atoms with Gasteiger partial charge in [0, 0.05) is 30.6 Å². The molecule has 6 nitrogen and oxygen atoms in total. The lowest BCUT2D eigenvalue weighted by Crippen LogP contribution is -2.31. The van der Waals surface area contributed by atoms with Gasteiger partial charge in [0.15, 0.2) is 11.5 Å². The highest BCUT2D eigenvalue weighted by atomic mass is 16.5. The molecule has 0 atom stereocenters. The Morgan fingerprint density at radius 2 is 1.71 bits per heavy atom. The molecule has 1 aliphatic heterocycles. The van der Waals surface area contributed by atoms with E-state index in [0.717, 1.165) is 22.4 Å². The number of fused-ring (bicyclic) bond motifs is 2. The van der Waals surface area contributed by atoms with Crippen LogP contribution in [0.15, 0.2) is 72.8 Å². The Morgan fingerprint density at radius 3 is 2.46 bits per heavy atom. The third kappa shape index (κ3) is 4.48. The molecule has 2 heterocycles. The molecule has 6 heteroatoms. The summed E-state index contributed by atoms with van der Waals surface area (Å²) in [6, 6.07) is 23.4. The van der Waals surface area contributed by atoms with Gasteiger partial charge in [-0.15, -0.1) is 0 Å². The van der Waals surface area contributed by atoms with E-state index in [0.29, 0.717) is 47.6 Å². The van der Waals surface area contributed by atoms with Crippen LogP contribution in [-0.2, 0) is 13.1 Å². The van der Waals surface area contributed by atoms with Gasteiger partial charge in [-0.2, -0.15) is 0 Å². The number of carboxylic acids is 1. The molecule has 0 fully saturated rings. The maximum Gasteiger partial charge on any atom is 0.336 e. The number of aromatic nitrogens is 1. The van der Waals surface area contributed by atoms with Gasteiger partial charge in [-0.1, -0.05) is 54.6 Å². The summed E-state index contributed by atoms with van der Waals surface area (Å²) in [5, 5.41) is 10.9. The average Bonchev–Trinajstić information content (AvgIpc) is 2.88. The van der Waals surface area contributed by atoms with Crippen molar-refractivity contribution in [3.05, 3.63) is 101 Å². The lowest BCUT2D eigenvalue weighted by Gasteiger charge is -2.31. The zero-order chi connectivity index (χ0) is 24.4. The minimum absolute atomic E-state index is 0.321. The first-order valence-corrected chi connectivity index (χ1v) is 11.4. The summed E-state index contributed by atoms with van der Waals surface area (Å²) in [6.45, 7) is 1.85. The van der Waals surface area contributed by atoms with Crippen LogP contribution in [0, 0.1) is 0 Å². The highest BCUT2D eigenvalue weighted by molar-refractivity contribution is 6.06. The van der Waals surface area contributed by atoms with E-state index in [4.69, 9.17) is 14.5 Å². The number of aromatic carboxylic acids is 1. The minimum atomic E-state index is -0.938. The van der Waals surface area contributed by atoms with E-state index < -0.39 is 5.97 Å². The molecule has 0 spiro atoms. The third-order valence-electron chi connectivity index (χ3n) is 6.28. The van der Waals surface area contributed by atoms with E-state index in [9.17, 15) is 9.90 Å². The van der Waals surface area contributed by atoms with Gasteiger partial charge in [-0.25, -0.2) is 9.78 Å². The van der Waals surface area contributed by atoms with Gasteiger partial charge in [0.25, 0.3) is 0 Å². The summed E-state index contributed by atoms with van der Waals surface area (Å²) in [6.07, 6.45) is 2.06. The first-order valence-electron chi connectivity index (χ1n) is 11.4. The molecule has 5 rings (SSSR count). The molecular weight excluding hydrogens is 440 g/mol. The lowest BCUT2D eigenvalue weighted by atomic mass is 9.91. The molecule has 0 unspecified atom stereocenters. The SMILES string of the molecule is COc1ccc(C=C2CN(Cc3ccccc3)Cc3c2nc2ccccc2c3C(=O)O)cc1OC. The molecule has 176 valence electrons. The van der Waals surface area contributed by atoms with E-state index in [1.807, 2.05) is 60.7 Å². The van der Waals surface area contributed by atoms with Gasteiger partial charge >= 0.3 is 5.97 Å². The summed E-state index contributed by atoms with van der Waals surface area (Å²) in [5.41, 5.74) is 5.54. The van der Waals surface area contributed by atoms with E-state index in [1.54, 1.807) is 14.2 Å². The predicted molar refractivity (Wildman–Crippen MR) is 137 cm³/mol. The Balaban J connectivity index is 1.68. The number of pyridine rings is 1. The Morgan fingerprint density at radius 1 is 0.971 bits per heavy atom. The largest absolute Gasteiger partial charge is 0.493 e. The quantitative estimate of drug-likeness (QED) is 0.404. The minimum Gasteiger partial charge on any atom is -0.493 e. The fraction of sp³-hybridized carbons (Fsp3) is 0.172. The van der Waals surface area contributed by atoms with Crippen molar-refractivity contribution in [1.29, 1.82) is 0 Å². The second-order valence-electron chi connectivity index (χ2n) is 8.55. The van der Waals surface area contributed by atoms with Crippen LogP contribution >= 0.6 is 0 Å². The molecule has 0 saturated carbocycles. The molecule has 0 radical (unpaired) electrons. The van der Waals surface area contributed by atoms with Gasteiger partial charge in [0.2, 0.25) is 0 Å². The lowest BCUT2D eigenvalue weighted by molar-refractivity contribution is 0.0696. The van der Waals surface area contributed by atoms with Crippen molar-refractivity contribution in [3.63, 3.8) is 0 Å². The summed E-state index contributed by atoms with van der Waals surface area (Å²) < 4.78 is 10.9. The molecule has 1 aromatic heterocycles. The second-order valence-corrected chi connectivity index (χ2v) is 8.55. The molecule has 1 aliphatic rings. The van der Waals surface area contributed by atoms with Crippen LogP contribution in [0.4, 0.5) is 0 Å². The molecule has 1 N–H and O–H groups in total. The number of carboxylic acid groups (broad SMARTS) is 1. The molecule has 4 aromatic rings. The summed E-state index contributed by atoms with van der Waals surface area (Å²) in [4.78, 5) is 19.7. The van der Waals surface area contributed by atoms with Crippen molar-refractivity contribution in [2.75, 3.05) is 20.8 Å². The number of benzene rings is 3. The van der Waals surface area contributed by atoms with Crippen molar-refractivity contribution in [2.45, 2.75) is 13.1 Å². The van der Waals surface area contributed by atoms with Gasteiger partial charge in [0.05, 0.1) is 31.0 Å². The number of para-hydroxylation sites is 1. The van der Waals surface area contributed by atoms with Crippen LogP contribution in [0.1, 0.15) is 32.7 Å². The number of nitrogens with zero attached hydrogens (tertiary/aromatic N) is 2. The van der Waals surface area contributed by atoms with Crippen molar-refractivity contribution in [3.8, 4) is 11.5 Å². The van der Waals surface area contributed by atoms with E-state index in [-0.39, 0.29) is 0 Å². The number of rotatable bonds is 6. The maximum absolute atomic E-state index is 12.5. The zero-order valence-corrected chi connectivity index (χ0v) is 19.7. The van der Waals surface area contributed by atoms with Crippen LogP contribution in [0.5, 0.6) is 11.5 Å². The molecule has 0 aliphatic carbocycles. The van der Waals surface area contributed by atoms with E-state index in [2.05, 4.69) is 23.1 Å². The average molecular weight is 467 g/mol. The molecule has 3 aromatic carbocycles. The Bertz CT molecular complexity index is 1430. The summed E-state index contributed by atoms with van der Waals surface area (Å²) in [5.74, 6) is 0.352. The van der Waals surface area contributed by atoms with Crippen LogP contribution in [-0.4, -0.2) is 41.7 Å². The molecule has 35 heavy (non-hydrogen) atoms. The van der Waals surface area contributed by atoms with E-state index in [1.165, 1.54) is 5.56 Å². The topological polar surface area (TPSA) is 71.9 Å². The first-order chi connectivity index (χ1) is 17.1. The molecule has 0 amide bonds. The van der Waals surface area contributed by atoms with Gasteiger partial charge < -0.3 is 14.6 Å².